The number of anilines is 2. The van der Waals surface area contributed by atoms with Gasteiger partial charge in [-0.3, -0.25) is 0 Å². The van der Waals surface area contributed by atoms with Crippen molar-refractivity contribution < 1.29 is 4.39 Å². The molecule has 116 valence electrons. The molecule has 1 N–H and O–H groups in total. The molecule has 0 amide bonds. The lowest BCUT2D eigenvalue weighted by Gasteiger charge is -2.34. The number of hydrogen-bond acceptors (Lipinski definition) is 2. The van der Waals surface area contributed by atoms with Gasteiger partial charge < -0.3 is 10.2 Å². The van der Waals surface area contributed by atoms with Gasteiger partial charge in [-0.2, -0.15) is 0 Å². The standard InChI is InChI=1S/C18H27FN2/c1-13-5-6-14(2)17(11-13)20-15-7-8-18(16(19)12-15)21-9-3-4-10-21/h7-8,12-14,17,20H,3-6,9-11H2,1-2H3. The lowest BCUT2D eigenvalue weighted by Crippen LogP contribution is -2.33. The van der Waals surface area contributed by atoms with Gasteiger partial charge in [0.25, 0.3) is 0 Å². The Bertz CT molecular complexity index is 482. The first kappa shape index (κ1) is 14.7. The molecule has 1 saturated carbocycles. The van der Waals surface area contributed by atoms with Gasteiger partial charge in [0.05, 0.1) is 5.69 Å². The van der Waals surface area contributed by atoms with Crippen LogP contribution < -0.4 is 10.2 Å². The summed E-state index contributed by atoms with van der Waals surface area (Å²) < 4.78 is 14.3. The molecule has 3 heteroatoms. The van der Waals surface area contributed by atoms with E-state index < -0.39 is 0 Å². The highest BCUT2D eigenvalue weighted by molar-refractivity contribution is 5.57. The Labute approximate surface area is 127 Å². The molecule has 2 aliphatic rings. The number of nitrogens with one attached hydrogen (secondary N) is 1. The maximum absolute atomic E-state index is 14.3. The van der Waals surface area contributed by atoms with Crippen LogP contribution in [0.25, 0.3) is 0 Å². The maximum atomic E-state index is 14.3. The third kappa shape index (κ3) is 3.33. The van der Waals surface area contributed by atoms with Gasteiger partial charge >= 0.3 is 0 Å². The zero-order valence-electron chi connectivity index (χ0n) is 13.2. The van der Waals surface area contributed by atoms with Crippen LogP contribution in [0.5, 0.6) is 0 Å². The van der Waals surface area contributed by atoms with Gasteiger partial charge in [-0.05, 0) is 55.7 Å². The van der Waals surface area contributed by atoms with E-state index in [4.69, 9.17) is 0 Å². The molecule has 2 nitrogen and oxygen atoms in total. The predicted molar refractivity (Wildman–Crippen MR) is 87.4 cm³/mol. The fourth-order valence-corrected chi connectivity index (χ4v) is 3.76. The second-order valence-corrected chi connectivity index (χ2v) is 7.01. The van der Waals surface area contributed by atoms with Crippen molar-refractivity contribution >= 4 is 11.4 Å². The monoisotopic (exact) mass is 290 g/mol. The van der Waals surface area contributed by atoms with Crippen LogP contribution in [0.2, 0.25) is 0 Å². The second kappa shape index (κ2) is 6.25. The van der Waals surface area contributed by atoms with E-state index in [1.54, 1.807) is 6.07 Å². The molecular weight excluding hydrogens is 263 g/mol. The van der Waals surface area contributed by atoms with Crippen LogP contribution in [0.1, 0.15) is 46.0 Å². The van der Waals surface area contributed by atoms with Crippen molar-refractivity contribution in [2.24, 2.45) is 11.8 Å². The minimum absolute atomic E-state index is 0.0848. The molecule has 0 aromatic heterocycles. The first-order valence-electron chi connectivity index (χ1n) is 8.44. The van der Waals surface area contributed by atoms with Crippen molar-refractivity contribution in [1.82, 2.24) is 0 Å². The average Bonchev–Trinajstić information content (AvgIpc) is 2.97. The Hall–Kier alpha value is -1.25. The Morgan fingerprint density at radius 2 is 1.90 bits per heavy atom. The SMILES string of the molecule is CC1CCC(C)C(Nc2ccc(N3CCCC3)c(F)c2)C1. The molecular formula is C18H27FN2. The summed E-state index contributed by atoms with van der Waals surface area (Å²) in [5.74, 6) is 1.35. The Morgan fingerprint density at radius 1 is 1.14 bits per heavy atom. The Balaban J connectivity index is 1.69. The zero-order chi connectivity index (χ0) is 14.8. The molecule has 0 spiro atoms. The number of halogens is 1. The first-order valence-corrected chi connectivity index (χ1v) is 8.44. The van der Waals surface area contributed by atoms with Crippen molar-refractivity contribution in [3.63, 3.8) is 0 Å². The topological polar surface area (TPSA) is 15.3 Å². The summed E-state index contributed by atoms with van der Waals surface area (Å²) in [7, 11) is 0. The van der Waals surface area contributed by atoms with Gasteiger partial charge in [-0.25, -0.2) is 4.39 Å². The van der Waals surface area contributed by atoms with Crippen LogP contribution in [-0.4, -0.2) is 19.1 Å². The van der Waals surface area contributed by atoms with E-state index in [9.17, 15) is 4.39 Å². The fraction of sp³-hybridized carbons (Fsp3) is 0.667. The van der Waals surface area contributed by atoms with Crippen molar-refractivity contribution in [3.05, 3.63) is 24.0 Å². The quantitative estimate of drug-likeness (QED) is 0.870. The molecule has 3 atom stereocenters. The van der Waals surface area contributed by atoms with Crippen LogP contribution >= 0.6 is 0 Å². The number of benzene rings is 1. The van der Waals surface area contributed by atoms with E-state index in [-0.39, 0.29) is 5.82 Å². The van der Waals surface area contributed by atoms with E-state index in [0.29, 0.717) is 12.0 Å². The Morgan fingerprint density at radius 3 is 2.62 bits per heavy atom. The normalized spacial score (nSPS) is 29.7. The van der Waals surface area contributed by atoms with Gasteiger partial charge in [-0.15, -0.1) is 0 Å². The van der Waals surface area contributed by atoms with E-state index in [1.165, 1.54) is 32.1 Å². The van der Waals surface area contributed by atoms with Crippen LogP contribution in [0.3, 0.4) is 0 Å². The van der Waals surface area contributed by atoms with Gasteiger partial charge in [0, 0.05) is 24.8 Å². The molecule has 2 fully saturated rings. The first-order chi connectivity index (χ1) is 10.1. The van der Waals surface area contributed by atoms with Crippen LogP contribution in [0, 0.1) is 17.7 Å². The average molecular weight is 290 g/mol. The van der Waals surface area contributed by atoms with Crippen LogP contribution in [0.15, 0.2) is 18.2 Å². The maximum Gasteiger partial charge on any atom is 0.148 e. The van der Waals surface area contributed by atoms with Gasteiger partial charge in [0.1, 0.15) is 5.82 Å². The number of nitrogens with zero attached hydrogens (tertiary/aromatic N) is 1. The molecule has 0 bridgehead atoms. The van der Waals surface area contributed by atoms with Crippen molar-refractivity contribution in [2.75, 3.05) is 23.3 Å². The molecule has 3 rings (SSSR count). The highest BCUT2D eigenvalue weighted by atomic mass is 19.1. The summed E-state index contributed by atoms with van der Waals surface area (Å²) >= 11 is 0. The summed E-state index contributed by atoms with van der Waals surface area (Å²) in [5.41, 5.74) is 1.70. The summed E-state index contributed by atoms with van der Waals surface area (Å²) in [4.78, 5) is 2.16. The lowest BCUT2D eigenvalue weighted by molar-refractivity contribution is 0.280. The van der Waals surface area contributed by atoms with Crippen LogP contribution in [0.4, 0.5) is 15.8 Å². The largest absolute Gasteiger partial charge is 0.382 e. The molecule has 0 radical (unpaired) electrons. The molecule has 1 aromatic rings. The number of hydrogen-bond donors (Lipinski definition) is 1. The van der Waals surface area contributed by atoms with Gasteiger partial charge in [0.2, 0.25) is 0 Å². The summed E-state index contributed by atoms with van der Waals surface area (Å²) in [6.07, 6.45) is 6.14. The Kier molecular flexibility index (Phi) is 4.37. The highest BCUT2D eigenvalue weighted by Gasteiger charge is 2.25. The summed E-state index contributed by atoms with van der Waals surface area (Å²) in [5, 5.41) is 3.56. The van der Waals surface area contributed by atoms with E-state index in [0.717, 1.165) is 30.4 Å². The number of rotatable bonds is 3. The van der Waals surface area contributed by atoms with Gasteiger partial charge in [0.15, 0.2) is 0 Å². The second-order valence-electron chi connectivity index (χ2n) is 7.01. The van der Waals surface area contributed by atoms with Gasteiger partial charge in [-0.1, -0.05) is 20.3 Å². The van der Waals surface area contributed by atoms with E-state index in [2.05, 4.69) is 24.1 Å². The molecule has 1 aromatic carbocycles. The molecule has 3 unspecified atom stereocenters. The smallest absolute Gasteiger partial charge is 0.148 e. The molecule has 1 aliphatic carbocycles. The van der Waals surface area contributed by atoms with Crippen molar-refractivity contribution in [1.29, 1.82) is 0 Å². The fourth-order valence-electron chi connectivity index (χ4n) is 3.76. The third-order valence-electron chi connectivity index (χ3n) is 5.20. The van der Waals surface area contributed by atoms with Crippen molar-refractivity contribution in [3.8, 4) is 0 Å². The zero-order valence-corrected chi connectivity index (χ0v) is 13.2. The lowest BCUT2D eigenvalue weighted by atomic mass is 9.80. The van der Waals surface area contributed by atoms with E-state index >= 15 is 0 Å². The minimum Gasteiger partial charge on any atom is -0.382 e. The highest BCUT2D eigenvalue weighted by Crippen LogP contribution is 2.32. The molecule has 1 aliphatic heterocycles. The minimum atomic E-state index is -0.0848. The van der Waals surface area contributed by atoms with Crippen molar-refractivity contribution in [2.45, 2.75) is 52.0 Å². The molecule has 1 heterocycles. The van der Waals surface area contributed by atoms with E-state index in [1.807, 2.05) is 12.1 Å². The molecule has 1 saturated heterocycles. The third-order valence-corrected chi connectivity index (χ3v) is 5.20. The summed E-state index contributed by atoms with van der Waals surface area (Å²) in [6, 6.07) is 6.15. The predicted octanol–water partition coefficient (Wildman–Crippen LogP) is 4.66. The summed E-state index contributed by atoms with van der Waals surface area (Å²) in [6.45, 7) is 6.60. The molecule has 21 heavy (non-hydrogen) atoms. The van der Waals surface area contributed by atoms with Crippen LogP contribution in [-0.2, 0) is 0 Å².